The van der Waals surface area contributed by atoms with Crippen molar-refractivity contribution in [3.8, 4) is 11.5 Å². The summed E-state index contributed by atoms with van der Waals surface area (Å²) >= 11 is 15.6. The molecule has 18 heavy (non-hydrogen) atoms. The van der Waals surface area contributed by atoms with Gasteiger partial charge in [-0.05, 0) is 24.3 Å². The monoisotopic (exact) mass is 345 g/mol. The normalized spacial score (nSPS) is 10.4. The summed E-state index contributed by atoms with van der Waals surface area (Å²) in [5, 5.41) is 1.02. The molecule has 0 bridgehead atoms. The van der Waals surface area contributed by atoms with E-state index in [-0.39, 0.29) is 0 Å². The second-order valence-electron chi connectivity index (χ2n) is 3.61. The fraction of sp³-hybridized carbons (Fsp3) is 0.0769. The lowest BCUT2D eigenvalue weighted by Gasteiger charge is -2.13. The highest BCUT2D eigenvalue weighted by molar-refractivity contribution is 9.10. The number of halogens is 3. The van der Waals surface area contributed by atoms with Gasteiger partial charge in [0.25, 0.3) is 0 Å². The smallest absolute Gasteiger partial charge is 0.150 e. The fourth-order valence-corrected chi connectivity index (χ4v) is 2.22. The van der Waals surface area contributed by atoms with Gasteiger partial charge in [-0.1, -0.05) is 51.3 Å². The van der Waals surface area contributed by atoms with Gasteiger partial charge in [-0.25, -0.2) is 0 Å². The number of nitrogens with two attached hydrogens (primary N) is 1. The van der Waals surface area contributed by atoms with Gasteiger partial charge >= 0.3 is 0 Å². The van der Waals surface area contributed by atoms with E-state index in [9.17, 15) is 0 Å². The van der Waals surface area contributed by atoms with Gasteiger partial charge in [-0.2, -0.15) is 0 Å². The Morgan fingerprint density at radius 3 is 2.61 bits per heavy atom. The highest BCUT2D eigenvalue weighted by atomic mass is 79.9. The van der Waals surface area contributed by atoms with Crippen molar-refractivity contribution in [3.05, 3.63) is 56.5 Å². The molecule has 2 rings (SSSR count). The summed E-state index contributed by atoms with van der Waals surface area (Å²) in [6, 6.07) is 10.8. The molecule has 0 aliphatic carbocycles. The van der Waals surface area contributed by atoms with E-state index in [4.69, 9.17) is 33.7 Å². The van der Waals surface area contributed by atoms with Crippen LogP contribution >= 0.6 is 39.1 Å². The minimum absolute atomic E-state index is 0.349. The Morgan fingerprint density at radius 1 is 1.11 bits per heavy atom. The number of benzene rings is 2. The zero-order valence-corrected chi connectivity index (χ0v) is 12.4. The van der Waals surface area contributed by atoms with Gasteiger partial charge < -0.3 is 10.5 Å². The molecule has 0 unspecified atom stereocenters. The molecule has 5 heteroatoms. The molecule has 2 aromatic carbocycles. The first-order chi connectivity index (χ1) is 8.61. The molecule has 0 fully saturated rings. The van der Waals surface area contributed by atoms with Crippen LogP contribution in [0.4, 0.5) is 0 Å². The summed E-state index contributed by atoms with van der Waals surface area (Å²) in [5.74, 6) is 1.08. The maximum atomic E-state index is 6.11. The van der Waals surface area contributed by atoms with Crippen LogP contribution in [0, 0.1) is 0 Å². The number of rotatable bonds is 3. The third-order valence-corrected chi connectivity index (χ3v) is 3.48. The van der Waals surface area contributed by atoms with E-state index in [1.807, 2.05) is 18.2 Å². The first kappa shape index (κ1) is 13.7. The predicted molar refractivity (Wildman–Crippen MR) is 78.6 cm³/mol. The van der Waals surface area contributed by atoms with Crippen LogP contribution in [0.5, 0.6) is 11.5 Å². The molecule has 0 atom stereocenters. The van der Waals surface area contributed by atoms with Gasteiger partial charge in [0, 0.05) is 16.6 Å². The summed E-state index contributed by atoms with van der Waals surface area (Å²) in [6.07, 6.45) is 0. The molecule has 0 aliphatic rings. The lowest BCUT2D eigenvalue weighted by atomic mass is 10.2. The number of ether oxygens (including phenoxy) is 1. The molecule has 0 saturated carbocycles. The van der Waals surface area contributed by atoms with Crippen molar-refractivity contribution in [1.82, 2.24) is 0 Å². The Kier molecular flexibility index (Phi) is 4.51. The van der Waals surface area contributed by atoms with Crippen LogP contribution in [0.2, 0.25) is 10.0 Å². The van der Waals surface area contributed by atoms with E-state index < -0.39 is 0 Å². The van der Waals surface area contributed by atoms with Crippen molar-refractivity contribution >= 4 is 39.1 Å². The Morgan fingerprint density at radius 2 is 1.89 bits per heavy atom. The third-order valence-electron chi connectivity index (χ3n) is 2.37. The van der Waals surface area contributed by atoms with Gasteiger partial charge in [0.05, 0.1) is 10.0 Å². The predicted octanol–water partition coefficient (Wildman–Crippen LogP) is 5.01. The average molecular weight is 347 g/mol. The van der Waals surface area contributed by atoms with Crippen LogP contribution in [-0.4, -0.2) is 0 Å². The molecule has 0 spiro atoms. The third kappa shape index (κ3) is 2.98. The van der Waals surface area contributed by atoms with Crippen LogP contribution in [0.3, 0.4) is 0 Å². The molecule has 0 heterocycles. The van der Waals surface area contributed by atoms with Gasteiger partial charge in [0.1, 0.15) is 5.75 Å². The van der Waals surface area contributed by atoms with E-state index in [2.05, 4.69) is 15.9 Å². The van der Waals surface area contributed by atoms with E-state index in [1.54, 1.807) is 18.2 Å². The summed E-state index contributed by atoms with van der Waals surface area (Å²) < 4.78 is 6.65. The number of hydrogen-bond acceptors (Lipinski definition) is 2. The summed E-state index contributed by atoms with van der Waals surface area (Å²) in [5.41, 5.74) is 6.49. The van der Waals surface area contributed by atoms with Gasteiger partial charge in [-0.3, -0.25) is 0 Å². The minimum atomic E-state index is 0.349. The minimum Gasteiger partial charge on any atom is -0.454 e. The Labute approximate surface area is 124 Å². The fourth-order valence-electron chi connectivity index (χ4n) is 1.49. The van der Waals surface area contributed by atoms with Crippen LogP contribution in [0.1, 0.15) is 5.56 Å². The molecule has 2 N–H and O–H groups in total. The topological polar surface area (TPSA) is 35.2 Å². The maximum absolute atomic E-state index is 6.11. The van der Waals surface area contributed by atoms with Crippen LogP contribution in [0.25, 0.3) is 0 Å². The average Bonchev–Trinajstić information content (AvgIpc) is 2.36. The molecular weight excluding hydrogens is 337 g/mol. The van der Waals surface area contributed by atoms with Crippen LogP contribution in [-0.2, 0) is 6.54 Å². The molecule has 0 amide bonds. The Balaban J connectivity index is 2.42. The summed E-state index contributed by atoms with van der Waals surface area (Å²) in [6.45, 7) is 0.349. The largest absolute Gasteiger partial charge is 0.454 e. The van der Waals surface area contributed by atoms with E-state index in [0.29, 0.717) is 28.1 Å². The van der Waals surface area contributed by atoms with Crippen LogP contribution in [0.15, 0.2) is 40.9 Å². The summed E-state index contributed by atoms with van der Waals surface area (Å²) in [4.78, 5) is 0. The number of para-hydroxylation sites is 1. The molecule has 0 radical (unpaired) electrons. The first-order valence-electron chi connectivity index (χ1n) is 5.22. The molecule has 0 aliphatic heterocycles. The zero-order valence-electron chi connectivity index (χ0n) is 9.29. The van der Waals surface area contributed by atoms with Crippen molar-refractivity contribution in [2.75, 3.05) is 0 Å². The SMILES string of the molecule is NCc1cccc(Cl)c1Oc1cc(Br)ccc1Cl. The van der Waals surface area contributed by atoms with E-state index >= 15 is 0 Å². The highest BCUT2D eigenvalue weighted by Gasteiger charge is 2.11. The number of hydrogen-bond donors (Lipinski definition) is 1. The standard InChI is InChI=1S/C13H10BrCl2NO/c14-9-4-5-10(15)12(6-9)18-13-8(7-17)2-1-3-11(13)16/h1-6H,7,17H2. The van der Waals surface area contributed by atoms with Crippen LogP contribution < -0.4 is 10.5 Å². The molecular formula is C13H10BrCl2NO. The Bertz CT molecular complexity index is 575. The second kappa shape index (κ2) is 5.93. The van der Waals surface area contributed by atoms with Gasteiger partial charge in [-0.15, -0.1) is 0 Å². The highest BCUT2D eigenvalue weighted by Crippen LogP contribution is 2.37. The van der Waals surface area contributed by atoms with Crippen molar-refractivity contribution < 1.29 is 4.74 Å². The maximum Gasteiger partial charge on any atom is 0.150 e. The first-order valence-corrected chi connectivity index (χ1v) is 6.77. The molecule has 2 nitrogen and oxygen atoms in total. The van der Waals surface area contributed by atoms with Crippen molar-refractivity contribution in [2.45, 2.75) is 6.54 Å². The lowest BCUT2D eigenvalue weighted by Crippen LogP contribution is -2.00. The Hall–Kier alpha value is -0.740. The van der Waals surface area contributed by atoms with Crippen molar-refractivity contribution in [1.29, 1.82) is 0 Å². The second-order valence-corrected chi connectivity index (χ2v) is 5.34. The summed E-state index contributed by atoms with van der Waals surface area (Å²) in [7, 11) is 0. The zero-order chi connectivity index (χ0) is 13.1. The van der Waals surface area contributed by atoms with Gasteiger partial charge in [0.2, 0.25) is 0 Å². The quantitative estimate of drug-likeness (QED) is 0.848. The van der Waals surface area contributed by atoms with E-state index in [0.717, 1.165) is 10.0 Å². The van der Waals surface area contributed by atoms with Crippen molar-refractivity contribution in [3.63, 3.8) is 0 Å². The van der Waals surface area contributed by atoms with Gasteiger partial charge in [0.15, 0.2) is 5.75 Å². The van der Waals surface area contributed by atoms with Crippen molar-refractivity contribution in [2.24, 2.45) is 5.73 Å². The molecule has 0 saturated heterocycles. The lowest BCUT2D eigenvalue weighted by molar-refractivity contribution is 0.476. The molecule has 0 aromatic heterocycles. The molecule has 94 valence electrons. The van der Waals surface area contributed by atoms with E-state index in [1.165, 1.54) is 0 Å². The molecule has 2 aromatic rings.